The first-order chi connectivity index (χ1) is 13.5. The van der Waals surface area contributed by atoms with E-state index in [2.05, 4.69) is 0 Å². The average molecular weight is 403 g/mol. The minimum absolute atomic E-state index is 0.0742. The van der Waals surface area contributed by atoms with Gasteiger partial charge in [-0.1, -0.05) is 23.7 Å². The number of carbonyl (C=O) groups is 2. The highest BCUT2D eigenvalue weighted by Crippen LogP contribution is 2.31. The normalized spacial score (nSPS) is 12.7. The van der Waals surface area contributed by atoms with Crippen LogP contribution in [-0.4, -0.2) is 50.1 Å². The molecule has 0 aliphatic carbocycles. The van der Waals surface area contributed by atoms with Crippen molar-refractivity contribution >= 4 is 29.1 Å². The number of amides is 2. The van der Waals surface area contributed by atoms with Gasteiger partial charge in [0.15, 0.2) is 0 Å². The van der Waals surface area contributed by atoms with Crippen molar-refractivity contribution in [3.05, 3.63) is 53.6 Å². The zero-order valence-electron chi connectivity index (χ0n) is 15.8. The predicted octanol–water partition coefficient (Wildman–Crippen LogP) is 3.38. The number of hydrogen-bond donors (Lipinski definition) is 0. The largest absolute Gasteiger partial charge is 0.492 e. The summed E-state index contributed by atoms with van der Waals surface area (Å²) in [6.45, 7) is 1.76. The van der Waals surface area contributed by atoms with Crippen molar-refractivity contribution in [3.8, 4) is 11.5 Å². The fraction of sp³-hybridized carbons (Fsp3) is 0.333. The van der Waals surface area contributed by atoms with Gasteiger partial charge in [-0.2, -0.15) is 0 Å². The van der Waals surface area contributed by atoms with Crippen LogP contribution >= 0.6 is 11.6 Å². The first kappa shape index (κ1) is 20.0. The van der Waals surface area contributed by atoms with Crippen LogP contribution in [0, 0.1) is 0 Å². The summed E-state index contributed by atoms with van der Waals surface area (Å²) in [6, 6.07) is 14.5. The van der Waals surface area contributed by atoms with Crippen molar-refractivity contribution in [2.75, 3.05) is 38.3 Å². The summed E-state index contributed by atoms with van der Waals surface area (Å²) in [4.78, 5) is 28.2. The van der Waals surface area contributed by atoms with Crippen LogP contribution < -0.4 is 14.4 Å². The molecule has 0 saturated carbocycles. The highest BCUT2D eigenvalue weighted by molar-refractivity contribution is 6.30. The maximum atomic E-state index is 12.6. The number of ether oxygens (including phenoxy) is 2. The van der Waals surface area contributed by atoms with Crippen molar-refractivity contribution in [3.63, 3.8) is 0 Å². The van der Waals surface area contributed by atoms with Gasteiger partial charge in [-0.25, -0.2) is 0 Å². The van der Waals surface area contributed by atoms with Gasteiger partial charge in [0.05, 0.1) is 18.8 Å². The maximum absolute atomic E-state index is 12.6. The Morgan fingerprint density at radius 3 is 2.68 bits per heavy atom. The van der Waals surface area contributed by atoms with Gasteiger partial charge in [-0.3, -0.25) is 9.59 Å². The lowest BCUT2D eigenvalue weighted by molar-refractivity contribution is -0.132. The van der Waals surface area contributed by atoms with E-state index in [-0.39, 0.29) is 24.7 Å². The first-order valence-corrected chi connectivity index (χ1v) is 9.57. The van der Waals surface area contributed by atoms with Crippen molar-refractivity contribution in [1.29, 1.82) is 0 Å². The van der Waals surface area contributed by atoms with E-state index in [0.29, 0.717) is 42.8 Å². The Balaban J connectivity index is 1.43. The zero-order valence-corrected chi connectivity index (χ0v) is 16.5. The van der Waals surface area contributed by atoms with Crippen molar-refractivity contribution < 1.29 is 19.1 Å². The summed E-state index contributed by atoms with van der Waals surface area (Å²) < 4.78 is 11.2. The van der Waals surface area contributed by atoms with E-state index in [0.717, 1.165) is 5.69 Å². The van der Waals surface area contributed by atoms with Crippen LogP contribution in [0.1, 0.15) is 12.8 Å². The summed E-state index contributed by atoms with van der Waals surface area (Å²) in [5, 5.41) is 0.646. The second-order valence-electron chi connectivity index (χ2n) is 6.48. The molecule has 28 heavy (non-hydrogen) atoms. The van der Waals surface area contributed by atoms with E-state index in [1.54, 1.807) is 41.1 Å². The molecule has 7 heteroatoms. The Kier molecular flexibility index (Phi) is 6.76. The predicted molar refractivity (Wildman–Crippen MR) is 108 cm³/mol. The molecule has 2 aromatic carbocycles. The monoisotopic (exact) mass is 402 g/mol. The molecule has 1 heterocycles. The minimum Gasteiger partial charge on any atom is -0.492 e. The van der Waals surface area contributed by atoms with Crippen LogP contribution in [0.5, 0.6) is 11.5 Å². The molecule has 3 rings (SSSR count). The smallest absolute Gasteiger partial charge is 0.227 e. The van der Waals surface area contributed by atoms with Gasteiger partial charge in [0.2, 0.25) is 11.8 Å². The standard InChI is InChI=1S/C21H23ClN2O4/c1-23(12-14-27-17-8-6-16(22)7-9-17)20(25)10-11-21(26)24-13-15-28-19-5-3-2-4-18(19)24/h2-9H,10-15H2,1H3. The molecule has 148 valence electrons. The highest BCUT2D eigenvalue weighted by atomic mass is 35.5. The molecule has 2 amide bonds. The summed E-state index contributed by atoms with van der Waals surface area (Å²) in [7, 11) is 1.71. The maximum Gasteiger partial charge on any atom is 0.227 e. The van der Waals surface area contributed by atoms with Gasteiger partial charge in [0.25, 0.3) is 0 Å². The number of likely N-dealkylation sites (N-methyl/N-ethyl adjacent to an activating group) is 1. The number of fused-ring (bicyclic) bond motifs is 1. The van der Waals surface area contributed by atoms with Gasteiger partial charge >= 0.3 is 0 Å². The van der Waals surface area contributed by atoms with Crippen LogP contribution in [0.3, 0.4) is 0 Å². The molecule has 0 radical (unpaired) electrons. The molecule has 0 aromatic heterocycles. The number of rotatable bonds is 7. The second kappa shape index (κ2) is 9.46. The third-order valence-electron chi connectivity index (χ3n) is 4.52. The lowest BCUT2D eigenvalue weighted by atomic mass is 10.2. The van der Waals surface area contributed by atoms with E-state index in [9.17, 15) is 9.59 Å². The van der Waals surface area contributed by atoms with Crippen molar-refractivity contribution in [2.24, 2.45) is 0 Å². The Morgan fingerprint density at radius 1 is 1.14 bits per heavy atom. The van der Waals surface area contributed by atoms with Gasteiger partial charge in [0, 0.05) is 24.9 Å². The summed E-state index contributed by atoms with van der Waals surface area (Å²) >= 11 is 5.84. The fourth-order valence-electron chi connectivity index (χ4n) is 2.92. The van der Waals surface area contributed by atoms with Crippen LogP contribution in [0.4, 0.5) is 5.69 Å². The molecule has 6 nitrogen and oxygen atoms in total. The third-order valence-corrected chi connectivity index (χ3v) is 4.77. The molecular formula is C21H23ClN2O4. The lowest BCUT2D eigenvalue weighted by Gasteiger charge is -2.29. The molecule has 1 aliphatic rings. The quantitative estimate of drug-likeness (QED) is 0.712. The summed E-state index contributed by atoms with van der Waals surface area (Å²) in [6.07, 6.45) is 0.325. The third kappa shape index (κ3) is 5.16. The van der Waals surface area contributed by atoms with Crippen molar-refractivity contribution in [2.45, 2.75) is 12.8 Å². The number of halogens is 1. The molecular weight excluding hydrogens is 380 g/mol. The number of anilines is 1. The van der Waals surface area contributed by atoms with E-state index >= 15 is 0 Å². The summed E-state index contributed by atoms with van der Waals surface area (Å²) in [5.41, 5.74) is 0.760. The van der Waals surface area contributed by atoms with Gasteiger partial charge in [-0.05, 0) is 36.4 Å². The molecule has 2 aromatic rings. The Labute approximate surface area is 169 Å². The molecule has 0 fully saturated rings. The number of hydrogen-bond acceptors (Lipinski definition) is 4. The second-order valence-corrected chi connectivity index (χ2v) is 6.92. The number of nitrogens with zero attached hydrogens (tertiary/aromatic N) is 2. The van der Waals surface area contributed by atoms with E-state index in [1.165, 1.54) is 0 Å². The molecule has 0 unspecified atom stereocenters. The van der Waals surface area contributed by atoms with Crippen LogP contribution in [-0.2, 0) is 9.59 Å². The van der Waals surface area contributed by atoms with E-state index in [4.69, 9.17) is 21.1 Å². The van der Waals surface area contributed by atoms with Crippen LogP contribution in [0.2, 0.25) is 5.02 Å². The zero-order chi connectivity index (χ0) is 19.9. The molecule has 0 atom stereocenters. The minimum atomic E-state index is -0.0883. The molecule has 0 saturated heterocycles. The van der Waals surface area contributed by atoms with Crippen molar-refractivity contribution in [1.82, 2.24) is 4.90 Å². The van der Waals surface area contributed by atoms with Crippen LogP contribution in [0.25, 0.3) is 0 Å². The Bertz CT molecular complexity index is 825. The average Bonchev–Trinajstić information content (AvgIpc) is 2.72. The molecule has 0 N–H and O–H groups in total. The Hall–Kier alpha value is -2.73. The number of benzene rings is 2. The molecule has 0 bridgehead atoms. The van der Waals surface area contributed by atoms with E-state index < -0.39 is 0 Å². The van der Waals surface area contributed by atoms with Gasteiger partial charge in [0.1, 0.15) is 24.7 Å². The van der Waals surface area contributed by atoms with E-state index in [1.807, 2.05) is 24.3 Å². The lowest BCUT2D eigenvalue weighted by Crippen LogP contribution is -2.39. The van der Waals surface area contributed by atoms with Gasteiger partial charge < -0.3 is 19.3 Å². The van der Waals surface area contributed by atoms with Crippen LogP contribution in [0.15, 0.2) is 48.5 Å². The Morgan fingerprint density at radius 2 is 1.89 bits per heavy atom. The SMILES string of the molecule is CN(CCOc1ccc(Cl)cc1)C(=O)CCC(=O)N1CCOc2ccccc21. The van der Waals surface area contributed by atoms with Gasteiger partial charge in [-0.15, -0.1) is 0 Å². The molecule has 1 aliphatic heterocycles. The highest BCUT2D eigenvalue weighted by Gasteiger charge is 2.24. The summed E-state index contributed by atoms with van der Waals surface area (Å²) in [5.74, 6) is 1.24. The fourth-order valence-corrected chi connectivity index (χ4v) is 3.05. The number of para-hydroxylation sites is 2. The number of carbonyl (C=O) groups excluding carboxylic acids is 2. The first-order valence-electron chi connectivity index (χ1n) is 9.19. The molecule has 0 spiro atoms. The topological polar surface area (TPSA) is 59.1 Å².